The third-order valence-corrected chi connectivity index (χ3v) is 4.75. The molecule has 6 heteroatoms. The van der Waals surface area contributed by atoms with Crippen LogP contribution < -0.4 is 5.32 Å². The minimum Gasteiger partial charge on any atom is -0.455 e. The molecule has 0 heterocycles. The zero-order chi connectivity index (χ0) is 21.4. The van der Waals surface area contributed by atoms with Crippen LogP contribution in [0.15, 0.2) is 42.5 Å². The first-order chi connectivity index (χ1) is 13.8. The number of anilines is 1. The van der Waals surface area contributed by atoms with Gasteiger partial charge in [0.05, 0.1) is 6.42 Å². The molecule has 2 aromatic rings. The van der Waals surface area contributed by atoms with Gasteiger partial charge in [0.25, 0.3) is 11.8 Å². The van der Waals surface area contributed by atoms with Crippen LogP contribution in [0.3, 0.4) is 0 Å². The van der Waals surface area contributed by atoms with E-state index in [0.717, 1.165) is 16.7 Å². The number of hydrogen-bond donors (Lipinski definition) is 1. The van der Waals surface area contributed by atoms with Gasteiger partial charge in [-0.3, -0.25) is 14.4 Å². The van der Waals surface area contributed by atoms with E-state index >= 15 is 0 Å². The summed E-state index contributed by atoms with van der Waals surface area (Å²) in [6.45, 7) is 8.77. The molecule has 0 bridgehead atoms. The highest BCUT2D eigenvalue weighted by molar-refractivity contribution is 5.96. The van der Waals surface area contributed by atoms with Gasteiger partial charge in [-0.2, -0.15) is 0 Å². The molecule has 6 nitrogen and oxygen atoms in total. The van der Waals surface area contributed by atoms with Gasteiger partial charge in [-0.1, -0.05) is 18.2 Å². The summed E-state index contributed by atoms with van der Waals surface area (Å²) in [6, 6.07) is 12.4. The number of carbonyl (C=O) groups is 3. The average molecular weight is 396 g/mol. The molecule has 0 saturated heterocycles. The van der Waals surface area contributed by atoms with Gasteiger partial charge in [0.1, 0.15) is 0 Å². The van der Waals surface area contributed by atoms with Crippen molar-refractivity contribution in [2.45, 2.75) is 34.1 Å². The van der Waals surface area contributed by atoms with E-state index in [9.17, 15) is 14.4 Å². The molecular formula is C23H28N2O4. The molecule has 2 aromatic carbocycles. The van der Waals surface area contributed by atoms with Crippen molar-refractivity contribution in [3.63, 3.8) is 0 Å². The molecule has 0 saturated carbocycles. The van der Waals surface area contributed by atoms with E-state index in [4.69, 9.17) is 4.74 Å². The summed E-state index contributed by atoms with van der Waals surface area (Å²) < 4.78 is 5.06. The second-order valence-corrected chi connectivity index (χ2v) is 6.86. The van der Waals surface area contributed by atoms with Crippen LogP contribution in [0.2, 0.25) is 0 Å². The first-order valence-corrected chi connectivity index (χ1v) is 9.75. The van der Waals surface area contributed by atoms with Crippen LogP contribution in [0.5, 0.6) is 0 Å². The van der Waals surface area contributed by atoms with Gasteiger partial charge in [0.15, 0.2) is 6.61 Å². The minimum absolute atomic E-state index is 0.0480. The molecule has 1 N–H and O–H groups in total. The highest BCUT2D eigenvalue weighted by Crippen LogP contribution is 2.13. The normalized spacial score (nSPS) is 10.3. The Labute approximate surface area is 171 Å². The second kappa shape index (κ2) is 10.4. The number of nitrogens with one attached hydrogen (secondary N) is 1. The van der Waals surface area contributed by atoms with Crippen LogP contribution in [0, 0.1) is 13.8 Å². The standard InChI is InChI=1S/C23H28N2O4/c1-5-25(6-2)23(28)19-9-11-20(12-10-19)24-21(26)15-29-22(27)14-18-8-7-16(3)17(4)13-18/h7-13H,5-6,14-15H2,1-4H3,(H,24,26). The monoisotopic (exact) mass is 396 g/mol. The van der Waals surface area contributed by atoms with Gasteiger partial charge in [-0.15, -0.1) is 0 Å². The van der Waals surface area contributed by atoms with Crippen LogP contribution >= 0.6 is 0 Å². The number of benzene rings is 2. The number of amides is 2. The van der Waals surface area contributed by atoms with E-state index in [2.05, 4.69) is 5.32 Å². The smallest absolute Gasteiger partial charge is 0.310 e. The Balaban J connectivity index is 1.83. The van der Waals surface area contributed by atoms with Gasteiger partial charge in [0.2, 0.25) is 0 Å². The van der Waals surface area contributed by atoms with Crippen LogP contribution in [0.25, 0.3) is 0 Å². The summed E-state index contributed by atoms with van der Waals surface area (Å²) in [4.78, 5) is 38.0. The first-order valence-electron chi connectivity index (χ1n) is 9.75. The summed E-state index contributed by atoms with van der Waals surface area (Å²) in [5, 5.41) is 2.66. The molecule has 29 heavy (non-hydrogen) atoms. The lowest BCUT2D eigenvalue weighted by atomic mass is 10.0. The van der Waals surface area contributed by atoms with Crippen LogP contribution in [0.4, 0.5) is 5.69 Å². The predicted molar refractivity (Wildman–Crippen MR) is 113 cm³/mol. The minimum atomic E-state index is -0.455. The van der Waals surface area contributed by atoms with E-state index < -0.39 is 11.9 Å². The molecule has 0 radical (unpaired) electrons. The van der Waals surface area contributed by atoms with Crippen molar-refractivity contribution in [1.29, 1.82) is 0 Å². The number of carbonyl (C=O) groups excluding carboxylic acids is 3. The maximum absolute atomic E-state index is 12.3. The topological polar surface area (TPSA) is 75.7 Å². The summed E-state index contributed by atoms with van der Waals surface area (Å²) in [5.41, 5.74) is 4.22. The third-order valence-electron chi connectivity index (χ3n) is 4.75. The fourth-order valence-electron chi connectivity index (χ4n) is 2.86. The number of esters is 1. The zero-order valence-electron chi connectivity index (χ0n) is 17.5. The fourth-order valence-corrected chi connectivity index (χ4v) is 2.86. The van der Waals surface area contributed by atoms with Crippen molar-refractivity contribution in [3.8, 4) is 0 Å². The lowest BCUT2D eigenvalue weighted by Gasteiger charge is -2.18. The van der Waals surface area contributed by atoms with E-state index in [1.54, 1.807) is 29.2 Å². The molecule has 0 atom stereocenters. The molecule has 0 aliphatic carbocycles. The molecule has 0 aliphatic heterocycles. The number of ether oxygens (including phenoxy) is 1. The number of aryl methyl sites for hydroxylation is 2. The maximum Gasteiger partial charge on any atom is 0.310 e. The van der Waals surface area contributed by atoms with Gasteiger partial charge in [0, 0.05) is 24.3 Å². The Morgan fingerprint density at radius 1 is 0.931 bits per heavy atom. The molecule has 2 amide bonds. The van der Waals surface area contributed by atoms with Gasteiger partial charge in [-0.05, 0) is 68.7 Å². The second-order valence-electron chi connectivity index (χ2n) is 6.86. The summed E-state index contributed by atoms with van der Waals surface area (Å²) in [5.74, 6) is -0.932. The highest BCUT2D eigenvalue weighted by atomic mass is 16.5. The Morgan fingerprint density at radius 3 is 2.17 bits per heavy atom. The van der Waals surface area contributed by atoms with Crippen molar-refractivity contribution in [2.24, 2.45) is 0 Å². The van der Waals surface area contributed by atoms with Crippen molar-refractivity contribution in [3.05, 3.63) is 64.7 Å². The molecule has 0 aromatic heterocycles. The molecular weight excluding hydrogens is 368 g/mol. The zero-order valence-corrected chi connectivity index (χ0v) is 17.5. The Morgan fingerprint density at radius 2 is 1.59 bits per heavy atom. The van der Waals surface area contributed by atoms with Crippen molar-refractivity contribution in [2.75, 3.05) is 25.0 Å². The quantitative estimate of drug-likeness (QED) is 0.693. The van der Waals surface area contributed by atoms with E-state index in [1.165, 1.54) is 0 Å². The van der Waals surface area contributed by atoms with E-state index in [0.29, 0.717) is 24.3 Å². The summed E-state index contributed by atoms with van der Waals surface area (Å²) in [7, 11) is 0. The number of rotatable bonds is 8. The van der Waals surface area contributed by atoms with Crippen molar-refractivity contribution >= 4 is 23.5 Å². The first kappa shape index (κ1) is 22.1. The maximum atomic E-state index is 12.3. The summed E-state index contributed by atoms with van der Waals surface area (Å²) >= 11 is 0. The lowest BCUT2D eigenvalue weighted by Crippen LogP contribution is -2.30. The van der Waals surface area contributed by atoms with Gasteiger partial charge >= 0.3 is 5.97 Å². The van der Waals surface area contributed by atoms with Gasteiger partial charge in [-0.25, -0.2) is 0 Å². The molecule has 0 unspecified atom stereocenters. The van der Waals surface area contributed by atoms with Crippen molar-refractivity contribution in [1.82, 2.24) is 4.90 Å². The molecule has 2 rings (SSSR count). The molecule has 0 aliphatic rings. The fraction of sp³-hybridized carbons (Fsp3) is 0.348. The highest BCUT2D eigenvalue weighted by Gasteiger charge is 2.13. The van der Waals surface area contributed by atoms with Crippen molar-refractivity contribution < 1.29 is 19.1 Å². The van der Waals surface area contributed by atoms with Crippen LogP contribution in [-0.4, -0.2) is 42.4 Å². The van der Waals surface area contributed by atoms with E-state index in [1.807, 2.05) is 45.9 Å². The Hall–Kier alpha value is -3.15. The average Bonchev–Trinajstić information content (AvgIpc) is 2.70. The largest absolute Gasteiger partial charge is 0.455 e. The molecule has 154 valence electrons. The van der Waals surface area contributed by atoms with Crippen LogP contribution in [0.1, 0.15) is 40.9 Å². The number of nitrogens with zero attached hydrogens (tertiary/aromatic N) is 1. The predicted octanol–water partition coefficient (Wildman–Crippen LogP) is 3.51. The lowest BCUT2D eigenvalue weighted by molar-refractivity contribution is -0.146. The van der Waals surface area contributed by atoms with E-state index in [-0.39, 0.29) is 18.9 Å². The Bertz CT molecular complexity index is 871. The molecule has 0 spiro atoms. The van der Waals surface area contributed by atoms with Crippen LogP contribution in [-0.2, 0) is 20.7 Å². The summed E-state index contributed by atoms with van der Waals surface area (Å²) in [6.07, 6.45) is 0.122. The number of hydrogen-bond acceptors (Lipinski definition) is 4. The van der Waals surface area contributed by atoms with Gasteiger partial charge < -0.3 is 15.0 Å². The third kappa shape index (κ3) is 6.45. The Kier molecular flexibility index (Phi) is 7.95. The SMILES string of the molecule is CCN(CC)C(=O)c1ccc(NC(=O)COC(=O)Cc2ccc(C)c(C)c2)cc1. The molecule has 0 fully saturated rings.